The van der Waals surface area contributed by atoms with Crippen molar-refractivity contribution in [2.24, 2.45) is 5.92 Å². The van der Waals surface area contributed by atoms with Crippen LogP contribution in [0, 0.1) is 17.2 Å². The van der Waals surface area contributed by atoms with Crippen LogP contribution in [-0.4, -0.2) is 48.5 Å². The first-order valence-electron chi connectivity index (χ1n) is 12.2. The Labute approximate surface area is 200 Å². The van der Waals surface area contributed by atoms with E-state index >= 15 is 4.39 Å². The highest BCUT2D eigenvalue weighted by Crippen LogP contribution is 2.57. The summed E-state index contributed by atoms with van der Waals surface area (Å²) in [4.78, 5) is 21.2. The minimum absolute atomic E-state index is 0.0882. The molecule has 3 aromatic heterocycles. The van der Waals surface area contributed by atoms with Crippen LogP contribution in [0.1, 0.15) is 73.7 Å². The summed E-state index contributed by atoms with van der Waals surface area (Å²) in [6.45, 7) is 0. The molecule has 5 saturated carbocycles. The number of nitrogens with zero attached hydrogens (tertiary/aromatic N) is 5. The third-order valence-electron chi connectivity index (χ3n) is 8.05. The summed E-state index contributed by atoms with van der Waals surface area (Å²) in [5, 5.41) is 22.6. The summed E-state index contributed by atoms with van der Waals surface area (Å²) in [5.74, 6) is 1.71. The Kier molecular flexibility index (Phi) is 4.38. The van der Waals surface area contributed by atoms with Crippen LogP contribution in [0.3, 0.4) is 0 Å². The van der Waals surface area contributed by atoms with Crippen LogP contribution in [0.4, 0.5) is 21.0 Å². The van der Waals surface area contributed by atoms with Crippen molar-refractivity contribution >= 4 is 23.5 Å². The van der Waals surface area contributed by atoms with Crippen LogP contribution in [0.2, 0.25) is 0 Å². The van der Waals surface area contributed by atoms with E-state index in [1.54, 1.807) is 22.9 Å². The Morgan fingerprint density at radius 1 is 1.29 bits per heavy atom. The van der Waals surface area contributed by atoms with Gasteiger partial charge in [0.05, 0.1) is 6.20 Å². The molecule has 5 aliphatic rings. The monoisotopic (exact) mass is 476 g/mol. The zero-order chi connectivity index (χ0) is 23.7. The molecule has 180 valence electrons. The van der Waals surface area contributed by atoms with Crippen LogP contribution in [-0.2, 0) is 4.74 Å². The fourth-order valence-electron chi connectivity index (χ4n) is 5.92. The predicted octanol–water partition coefficient (Wildman–Crippen LogP) is 3.81. The number of H-pyrrole nitrogens is 1. The number of carbonyl (C=O) groups is 1. The maximum atomic E-state index is 15.2. The molecule has 3 atom stereocenters. The topological polar surface area (TPSA) is 133 Å². The number of aromatic nitrogens is 5. The second kappa shape index (κ2) is 7.41. The van der Waals surface area contributed by atoms with Gasteiger partial charge in [0.2, 0.25) is 5.95 Å². The number of aromatic amines is 1. The summed E-state index contributed by atoms with van der Waals surface area (Å²) in [6, 6.07) is 3.84. The van der Waals surface area contributed by atoms with E-state index in [9.17, 15) is 10.1 Å². The number of nitriles is 1. The highest BCUT2D eigenvalue weighted by Gasteiger charge is 2.58. The number of halogens is 1. The molecule has 5 aliphatic carbocycles. The molecule has 3 aromatic rings. The number of fused-ring (bicyclic) bond motifs is 1. The molecule has 3 N–H and O–H groups in total. The first-order valence-corrected chi connectivity index (χ1v) is 12.2. The lowest BCUT2D eigenvalue weighted by molar-refractivity contribution is -0.0532. The summed E-state index contributed by atoms with van der Waals surface area (Å²) in [5.41, 5.74) is 2.63. The quantitative estimate of drug-likeness (QED) is 0.493. The highest BCUT2D eigenvalue weighted by atomic mass is 19.1. The molecule has 0 spiro atoms. The van der Waals surface area contributed by atoms with E-state index in [4.69, 9.17) is 4.74 Å². The third-order valence-corrected chi connectivity index (χ3v) is 8.05. The van der Waals surface area contributed by atoms with Crippen LogP contribution in [0.15, 0.2) is 18.5 Å². The molecule has 0 unspecified atom stereocenters. The van der Waals surface area contributed by atoms with Gasteiger partial charge < -0.3 is 15.4 Å². The van der Waals surface area contributed by atoms with Gasteiger partial charge in [0, 0.05) is 35.0 Å². The molecule has 0 aromatic carbocycles. The van der Waals surface area contributed by atoms with Crippen molar-refractivity contribution in [3.05, 3.63) is 35.4 Å². The fourth-order valence-corrected chi connectivity index (χ4v) is 5.92. The number of alkyl carbamates (subject to hydrolysis) is 1. The van der Waals surface area contributed by atoms with Gasteiger partial charge in [-0.3, -0.25) is 9.50 Å². The van der Waals surface area contributed by atoms with Crippen molar-refractivity contribution in [1.82, 2.24) is 29.9 Å². The molecule has 0 aliphatic heterocycles. The van der Waals surface area contributed by atoms with Gasteiger partial charge in [-0.15, -0.1) is 0 Å². The Morgan fingerprint density at radius 3 is 2.83 bits per heavy atom. The van der Waals surface area contributed by atoms with Gasteiger partial charge in [-0.05, 0) is 56.8 Å². The van der Waals surface area contributed by atoms with Crippen molar-refractivity contribution in [2.75, 3.05) is 5.32 Å². The molecule has 35 heavy (non-hydrogen) atoms. The molecule has 5 fully saturated rings. The second-order valence-electron chi connectivity index (χ2n) is 10.5. The molecule has 8 rings (SSSR count). The van der Waals surface area contributed by atoms with Gasteiger partial charge in [-0.25, -0.2) is 19.2 Å². The zero-order valence-electron chi connectivity index (χ0n) is 19.0. The van der Waals surface area contributed by atoms with E-state index in [-0.39, 0.29) is 5.54 Å². The molecule has 3 heterocycles. The first-order chi connectivity index (χ1) is 17.0. The van der Waals surface area contributed by atoms with Crippen LogP contribution in [0.25, 0.3) is 5.65 Å². The van der Waals surface area contributed by atoms with Gasteiger partial charge in [0.1, 0.15) is 24.0 Å². The van der Waals surface area contributed by atoms with E-state index in [1.165, 1.54) is 0 Å². The van der Waals surface area contributed by atoms with Crippen LogP contribution < -0.4 is 10.6 Å². The molecule has 11 heteroatoms. The Balaban J connectivity index is 1.04. The Morgan fingerprint density at radius 2 is 2.11 bits per heavy atom. The second-order valence-corrected chi connectivity index (χ2v) is 10.5. The van der Waals surface area contributed by atoms with Crippen molar-refractivity contribution in [2.45, 2.75) is 74.6 Å². The van der Waals surface area contributed by atoms with E-state index in [0.29, 0.717) is 47.6 Å². The number of carbonyl (C=O) groups excluding carboxylic acids is 1. The summed E-state index contributed by atoms with van der Waals surface area (Å²) >= 11 is 0. The SMILES string of the molecule is N#Cc1cn2c(Nc3cc([C@@H]4CC[C@H](OC(=O)NC56CC(C5)C6)[C@H]4F)[nH]n3)ncc(C3CC3)c2n1. The maximum absolute atomic E-state index is 15.2. The van der Waals surface area contributed by atoms with Gasteiger partial charge in [-0.1, -0.05) is 0 Å². The van der Waals surface area contributed by atoms with Gasteiger partial charge >= 0.3 is 6.09 Å². The minimum Gasteiger partial charge on any atom is -0.443 e. The normalized spacial score (nSPS) is 30.9. The van der Waals surface area contributed by atoms with Crippen molar-refractivity contribution in [3.8, 4) is 6.07 Å². The number of rotatable bonds is 6. The van der Waals surface area contributed by atoms with E-state index in [1.807, 2.05) is 0 Å². The lowest BCUT2D eigenvalue weighted by Gasteiger charge is -2.61. The number of amides is 1. The molecule has 0 saturated heterocycles. The lowest BCUT2D eigenvalue weighted by atomic mass is 9.50. The number of imidazole rings is 1. The number of alkyl halides is 1. The number of hydrogen-bond acceptors (Lipinski definition) is 7. The number of ether oxygens (including phenoxy) is 1. The Hall–Kier alpha value is -3.68. The summed E-state index contributed by atoms with van der Waals surface area (Å²) in [7, 11) is 0. The van der Waals surface area contributed by atoms with Crippen molar-refractivity contribution in [3.63, 3.8) is 0 Å². The summed E-state index contributed by atoms with van der Waals surface area (Å²) in [6.07, 6.45) is 7.12. The fraction of sp³-hybridized carbons (Fsp3) is 0.542. The Bertz CT molecular complexity index is 1350. The molecule has 10 nitrogen and oxygen atoms in total. The van der Waals surface area contributed by atoms with Gasteiger partial charge in [0.25, 0.3) is 0 Å². The van der Waals surface area contributed by atoms with Crippen molar-refractivity contribution in [1.29, 1.82) is 5.26 Å². The van der Waals surface area contributed by atoms with Crippen molar-refractivity contribution < 1.29 is 13.9 Å². The largest absolute Gasteiger partial charge is 0.443 e. The van der Waals surface area contributed by atoms with E-state index < -0.39 is 24.3 Å². The molecular weight excluding hydrogens is 451 g/mol. The number of anilines is 2. The molecule has 2 bridgehead atoms. The standard InChI is InChI=1S/C24H25FN8O2/c25-20-15(3-4-18(20)35-23(34)30-24-6-12(7-24)8-24)17-5-19(32-31-17)29-22-27-10-16(13-1-2-13)21-28-14(9-26)11-33(21)22/h5,10-13,15,18,20H,1-4,6-8H2,(H,30,34)(H2,27,29,31,32)/t12?,15-,18-,20-,24?/m0/s1. The summed E-state index contributed by atoms with van der Waals surface area (Å²) < 4.78 is 22.4. The van der Waals surface area contributed by atoms with Crippen LogP contribution in [0.5, 0.6) is 0 Å². The first kappa shape index (κ1) is 20.7. The smallest absolute Gasteiger partial charge is 0.407 e. The number of hydrogen-bond donors (Lipinski definition) is 3. The highest BCUT2D eigenvalue weighted by molar-refractivity contribution is 5.69. The van der Waals surface area contributed by atoms with Gasteiger partial charge in [-0.2, -0.15) is 10.4 Å². The third kappa shape index (κ3) is 3.42. The molecule has 1 amide bonds. The average Bonchev–Trinajstić information content (AvgIpc) is 3.20. The van der Waals surface area contributed by atoms with Crippen LogP contribution >= 0.6 is 0 Å². The van der Waals surface area contributed by atoms with E-state index in [2.05, 4.69) is 36.9 Å². The predicted molar refractivity (Wildman–Crippen MR) is 122 cm³/mol. The molecular formula is C24H25FN8O2. The number of nitrogens with one attached hydrogen (secondary N) is 3. The van der Waals surface area contributed by atoms with Gasteiger partial charge in [0.15, 0.2) is 11.5 Å². The molecule has 0 radical (unpaired) electrons. The zero-order valence-corrected chi connectivity index (χ0v) is 19.0. The lowest BCUT2D eigenvalue weighted by Crippen LogP contribution is -2.68. The maximum Gasteiger partial charge on any atom is 0.407 e. The van der Waals surface area contributed by atoms with E-state index in [0.717, 1.165) is 43.6 Å². The minimum atomic E-state index is -1.31. The average molecular weight is 477 g/mol.